The normalized spacial score (nSPS) is 14.8. The minimum absolute atomic E-state index is 0.154. The van der Waals surface area contributed by atoms with Crippen molar-refractivity contribution in [1.82, 2.24) is 0 Å². The van der Waals surface area contributed by atoms with Gasteiger partial charge in [-0.1, -0.05) is 0 Å². The first-order valence-corrected chi connectivity index (χ1v) is 4.94. The third-order valence-corrected chi connectivity index (χ3v) is 3.25. The molecule has 1 nitrogen and oxygen atoms in total. The van der Waals surface area contributed by atoms with Gasteiger partial charge in [-0.25, -0.2) is 4.39 Å². The van der Waals surface area contributed by atoms with E-state index in [4.69, 9.17) is 5.73 Å². The van der Waals surface area contributed by atoms with Crippen molar-refractivity contribution in [3.63, 3.8) is 0 Å². The maximum atomic E-state index is 13.2. The molecule has 2 rings (SSSR count). The van der Waals surface area contributed by atoms with Crippen molar-refractivity contribution in [3.8, 4) is 0 Å². The Kier molecular flexibility index (Phi) is 2.07. The average Bonchev–Trinajstić information content (AvgIpc) is 2.52. The van der Waals surface area contributed by atoms with Crippen molar-refractivity contribution >= 4 is 11.8 Å². The Bertz CT molecular complexity index is 312. The molecule has 0 saturated heterocycles. The first-order chi connectivity index (χ1) is 5.83. The number of fused-ring (bicyclic) bond motifs is 1. The van der Waals surface area contributed by atoms with Crippen molar-refractivity contribution < 1.29 is 4.39 Å². The summed E-state index contributed by atoms with van der Waals surface area (Å²) in [5.74, 6) is 0.907. The molecule has 3 heteroatoms. The van der Waals surface area contributed by atoms with E-state index in [-0.39, 0.29) is 5.82 Å². The van der Waals surface area contributed by atoms with E-state index in [0.717, 1.165) is 17.7 Å². The van der Waals surface area contributed by atoms with Crippen LogP contribution in [0.2, 0.25) is 0 Å². The predicted octanol–water partition coefficient (Wildman–Crippen LogP) is 1.93. The molecule has 1 aliphatic rings. The Hall–Kier alpha value is -0.540. The minimum Gasteiger partial charge on any atom is -0.326 e. The zero-order valence-corrected chi connectivity index (χ0v) is 7.46. The molecule has 0 unspecified atom stereocenters. The van der Waals surface area contributed by atoms with Gasteiger partial charge in [0.25, 0.3) is 0 Å². The molecule has 0 spiro atoms. The van der Waals surface area contributed by atoms with Gasteiger partial charge in [0, 0.05) is 22.8 Å². The largest absolute Gasteiger partial charge is 0.326 e. The van der Waals surface area contributed by atoms with Crippen LogP contribution in [0, 0.1) is 5.82 Å². The molecule has 2 N–H and O–H groups in total. The van der Waals surface area contributed by atoms with E-state index in [2.05, 4.69) is 0 Å². The van der Waals surface area contributed by atoms with Gasteiger partial charge >= 0.3 is 0 Å². The highest BCUT2D eigenvalue weighted by Crippen LogP contribution is 2.34. The van der Waals surface area contributed by atoms with Crippen LogP contribution in [0.5, 0.6) is 0 Å². The highest BCUT2D eigenvalue weighted by atomic mass is 32.2. The van der Waals surface area contributed by atoms with Gasteiger partial charge in [0.05, 0.1) is 0 Å². The van der Waals surface area contributed by atoms with Gasteiger partial charge in [0.2, 0.25) is 0 Å². The summed E-state index contributed by atoms with van der Waals surface area (Å²) in [7, 11) is 0. The summed E-state index contributed by atoms with van der Waals surface area (Å²) in [6.45, 7) is 0.315. The second-order valence-electron chi connectivity index (χ2n) is 2.81. The second-order valence-corrected chi connectivity index (χ2v) is 3.94. The molecular formula is C9H10FNS. The van der Waals surface area contributed by atoms with Gasteiger partial charge in [0.15, 0.2) is 0 Å². The summed E-state index contributed by atoms with van der Waals surface area (Å²) in [5.41, 5.74) is 7.31. The summed E-state index contributed by atoms with van der Waals surface area (Å²) in [6.07, 6.45) is 0.963. The highest BCUT2D eigenvalue weighted by molar-refractivity contribution is 7.99. The fourth-order valence-corrected chi connectivity index (χ4v) is 2.63. The van der Waals surface area contributed by atoms with Crippen LogP contribution in [0.4, 0.5) is 4.39 Å². The molecule has 0 fully saturated rings. The van der Waals surface area contributed by atoms with Crippen LogP contribution in [-0.2, 0) is 13.0 Å². The quantitative estimate of drug-likeness (QED) is 0.720. The van der Waals surface area contributed by atoms with Crippen molar-refractivity contribution in [1.29, 1.82) is 0 Å². The van der Waals surface area contributed by atoms with E-state index < -0.39 is 0 Å². The monoisotopic (exact) mass is 183 g/mol. The van der Waals surface area contributed by atoms with E-state index in [9.17, 15) is 4.39 Å². The number of hydrogen-bond donors (Lipinski definition) is 1. The Morgan fingerprint density at radius 2 is 2.33 bits per heavy atom. The third kappa shape index (κ3) is 1.13. The highest BCUT2D eigenvalue weighted by Gasteiger charge is 2.17. The van der Waals surface area contributed by atoms with Crippen LogP contribution in [0.1, 0.15) is 11.1 Å². The molecule has 0 radical (unpaired) electrons. The summed E-state index contributed by atoms with van der Waals surface area (Å²) in [5, 5.41) is 0. The summed E-state index contributed by atoms with van der Waals surface area (Å²) in [6, 6.07) is 3.36. The fraction of sp³-hybridized carbons (Fsp3) is 0.333. The Balaban J connectivity index is 2.57. The van der Waals surface area contributed by atoms with Gasteiger partial charge < -0.3 is 5.73 Å². The molecule has 1 heterocycles. The van der Waals surface area contributed by atoms with E-state index in [0.29, 0.717) is 12.1 Å². The lowest BCUT2D eigenvalue weighted by Gasteiger charge is -2.05. The molecular weight excluding hydrogens is 173 g/mol. The molecule has 0 saturated carbocycles. The molecule has 1 aromatic rings. The van der Waals surface area contributed by atoms with Crippen LogP contribution >= 0.6 is 11.8 Å². The van der Waals surface area contributed by atoms with Crippen LogP contribution in [0.25, 0.3) is 0 Å². The van der Waals surface area contributed by atoms with Crippen LogP contribution in [-0.4, -0.2) is 5.75 Å². The molecule has 1 aliphatic heterocycles. The number of rotatable bonds is 1. The average molecular weight is 183 g/mol. The number of nitrogens with two attached hydrogens (primary N) is 1. The SMILES string of the molecule is NCc1c(F)ccc2c1CCS2. The number of halogens is 1. The third-order valence-electron chi connectivity index (χ3n) is 2.14. The molecule has 0 amide bonds. The topological polar surface area (TPSA) is 26.0 Å². The molecule has 0 atom stereocenters. The van der Waals surface area contributed by atoms with E-state index >= 15 is 0 Å². The standard InChI is InChI=1S/C9H10FNS/c10-8-1-2-9-6(3-4-12-9)7(8)5-11/h1-2H,3-5,11H2. The lowest BCUT2D eigenvalue weighted by atomic mass is 10.1. The van der Waals surface area contributed by atoms with Gasteiger partial charge in [-0.05, 0) is 24.1 Å². The molecule has 12 heavy (non-hydrogen) atoms. The van der Waals surface area contributed by atoms with Gasteiger partial charge in [0.1, 0.15) is 5.82 Å². The zero-order valence-electron chi connectivity index (χ0n) is 6.64. The summed E-state index contributed by atoms with van der Waals surface area (Å²) in [4.78, 5) is 1.21. The smallest absolute Gasteiger partial charge is 0.128 e. The Labute approximate surface area is 75.1 Å². The van der Waals surface area contributed by atoms with E-state index in [1.165, 1.54) is 11.0 Å². The van der Waals surface area contributed by atoms with Crippen LogP contribution in [0.15, 0.2) is 17.0 Å². The van der Waals surface area contributed by atoms with Crippen molar-refractivity contribution in [3.05, 3.63) is 29.1 Å². The minimum atomic E-state index is -0.154. The van der Waals surface area contributed by atoms with Crippen LogP contribution < -0.4 is 5.73 Å². The maximum Gasteiger partial charge on any atom is 0.128 e. The summed E-state index contributed by atoms with van der Waals surface area (Å²) < 4.78 is 13.2. The number of hydrogen-bond acceptors (Lipinski definition) is 2. The first kappa shape index (κ1) is 8.08. The lowest BCUT2D eigenvalue weighted by Crippen LogP contribution is -2.04. The molecule has 0 aromatic heterocycles. The number of benzene rings is 1. The summed E-state index contributed by atoms with van der Waals surface area (Å²) >= 11 is 1.78. The zero-order chi connectivity index (χ0) is 8.55. The lowest BCUT2D eigenvalue weighted by molar-refractivity contribution is 0.605. The van der Waals surface area contributed by atoms with Crippen molar-refractivity contribution in [2.24, 2.45) is 5.73 Å². The maximum absolute atomic E-state index is 13.2. The van der Waals surface area contributed by atoms with Gasteiger partial charge in [-0.3, -0.25) is 0 Å². The first-order valence-electron chi connectivity index (χ1n) is 3.96. The molecule has 0 aliphatic carbocycles. The predicted molar refractivity (Wildman–Crippen MR) is 48.7 cm³/mol. The Morgan fingerprint density at radius 1 is 1.50 bits per heavy atom. The fourth-order valence-electron chi connectivity index (χ4n) is 1.54. The van der Waals surface area contributed by atoms with Crippen molar-refractivity contribution in [2.75, 3.05) is 5.75 Å². The molecule has 1 aromatic carbocycles. The van der Waals surface area contributed by atoms with E-state index in [1.54, 1.807) is 11.8 Å². The number of thioether (sulfide) groups is 1. The second kappa shape index (κ2) is 3.07. The molecule has 0 bridgehead atoms. The molecule has 64 valence electrons. The van der Waals surface area contributed by atoms with Gasteiger partial charge in [-0.15, -0.1) is 11.8 Å². The van der Waals surface area contributed by atoms with Gasteiger partial charge in [-0.2, -0.15) is 0 Å². The Morgan fingerprint density at radius 3 is 3.08 bits per heavy atom. The van der Waals surface area contributed by atoms with Crippen LogP contribution in [0.3, 0.4) is 0 Å². The van der Waals surface area contributed by atoms with Crippen molar-refractivity contribution in [2.45, 2.75) is 17.9 Å². The van der Waals surface area contributed by atoms with E-state index in [1.807, 2.05) is 6.07 Å².